The molecule has 2 aliphatic rings. The van der Waals surface area contributed by atoms with Gasteiger partial charge in [-0.1, -0.05) is 49.6 Å². The maximum Gasteiger partial charge on any atom is 0.240 e. The van der Waals surface area contributed by atoms with E-state index in [4.69, 9.17) is 10.5 Å². The van der Waals surface area contributed by atoms with E-state index in [9.17, 15) is 4.79 Å². The minimum absolute atomic E-state index is 0.0105. The predicted molar refractivity (Wildman–Crippen MR) is 94.6 cm³/mol. The lowest BCUT2D eigenvalue weighted by Crippen LogP contribution is -2.56. The molecule has 3 N–H and O–H groups in total. The fraction of sp³-hybridized carbons (Fsp3) is 0.632. The highest BCUT2D eigenvalue weighted by atomic mass is 16.5. The van der Waals surface area contributed by atoms with E-state index in [2.05, 4.69) is 34.5 Å². The van der Waals surface area contributed by atoms with Gasteiger partial charge in [0.1, 0.15) is 0 Å². The van der Waals surface area contributed by atoms with Crippen molar-refractivity contribution in [1.82, 2.24) is 10.2 Å². The molecule has 0 bridgehead atoms. The number of carbonyl (C=O) groups is 1. The number of hydrogen-bond donors (Lipinski definition) is 2. The standard InChI is InChI=1S/C19H29N3O2/c20-19(9-5-2-6-10-19)18(23)21-15-17(16-7-3-1-4-8-16)22-11-13-24-14-12-22/h1,3-4,7-8,17H,2,5-6,9-15,20H2,(H,21,23). The Morgan fingerprint density at radius 3 is 2.50 bits per heavy atom. The summed E-state index contributed by atoms with van der Waals surface area (Å²) in [6.07, 6.45) is 4.89. The lowest BCUT2D eigenvalue weighted by molar-refractivity contribution is -0.127. The molecule has 1 amide bonds. The number of nitrogens with zero attached hydrogens (tertiary/aromatic N) is 1. The molecule has 0 spiro atoms. The van der Waals surface area contributed by atoms with Crippen LogP contribution in [0.5, 0.6) is 0 Å². The Morgan fingerprint density at radius 1 is 1.17 bits per heavy atom. The van der Waals surface area contributed by atoms with Gasteiger partial charge in [0.25, 0.3) is 0 Å². The molecule has 1 saturated heterocycles. The average Bonchev–Trinajstić information content (AvgIpc) is 2.64. The van der Waals surface area contributed by atoms with Crippen LogP contribution in [0.1, 0.15) is 43.7 Å². The van der Waals surface area contributed by atoms with Crippen molar-refractivity contribution in [2.75, 3.05) is 32.8 Å². The molecule has 1 unspecified atom stereocenters. The number of ether oxygens (including phenoxy) is 1. The van der Waals surface area contributed by atoms with E-state index in [1.54, 1.807) is 0 Å². The highest BCUT2D eigenvalue weighted by Gasteiger charge is 2.35. The molecule has 3 rings (SSSR count). The Balaban J connectivity index is 1.66. The quantitative estimate of drug-likeness (QED) is 0.864. The van der Waals surface area contributed by atoms with E-state index in [0.29, 0.717) is 6.54 Å². The summed E-state index contributed by atoms with van der Waals surface area (Å²) in [4.78, 5) is 15.1. The van der Waals surface area contributed by atoms with Crippen LogP contribution >= 0.6 is 0 Å². The lowest BCUT2D eigenvalue weighted by atomic mass is 9.82. The van der Waals surface area contributed by atoms with Crippen LogP contribution in [0.2, 0.25) is 0 Å². The zero-order chi connectivity index (χ0) is 16.8. The van der Waals surface area contributed by atoms with Gasteiger partial charge >= 0.3 is 0 Å². The van der Waals surface area contributed by atoms with Gasteiger partial charge in [0.05, 0.1) is 24.8 Å². The second-order valence-corrected chi connectivity index (χ2v) is 7.00. The minimum Gasteiger partial charge on any atom is -0.379 e. The molecule has 24 heavy (non-hydrogen) atoms. The predicted octanol–water partition coefficient (Wildman–Crippen LogP) is 1.84. The van der Waals surface area contributed by atoms with Crippen molar-refractivity contribution in [3.05, 3.63) is 35.9 Å². The van der Waals surface area contributed by atoms with Crippen molar-refractivity contribution in [3.8, 4) is 0 Å². The maximum absolute atomic E-state index is 12.7. The summed E-state index contributed by atoms with van der Waals surface area (Å²) in [6.45, 7) is 3.88. The van der Waals surface area contributed by atoms with Crippen LogP contribution in [0.15, 0.2) is 30.3 Å². The first kappa shape index (κ1) is 17.4. The van der Waals surface area contributed by atoms with Gasteiger partial charge in [0.15, 0.2) is 0 Å². The molecule has 1 heterocycles. The van der Waals surface area contributed by atoms with Crippen LogP contribution in [-0.2, 0) is 9.53 Å². The largest absolute Gasteiger partial charge is 0.379 e. The van der Waals surface area contributed by atoms with Crippen LogP contribution in [0.4, 0.5) is 0 Å². The van der Waals surface area contributed by atoms with Crippen molar-refractivity contribution < 1.29 is 9.53 Å². The monoisotopic (exact) mass is 331 g/mol. The Morgan fingerprint density at radius 2 is 1.83 bits per heavy atom. The third kappa shape index (κ3) is 4.15. The molecule has 0 radical (unpaired) electrons. The smallest absolute Gasteiger partial charge is 0.240 e. The van der Waals surface area contributed by atoms with Crippen LogP contribution in [0, 0.1) is 0 Å². The van der Waals surface area contributed by atoms with Gasteiger partial charge in [-0.15, -0.1) is 0 Å². The fourth-order valence-electron chi connectivity index (χ4n) is 3.80. The first-order valence-electron chi connectivity index (χ1n) is 9.13. The fourth-order valence-corrected chi connectivity index (χ4v) is 3.80. The highest BCUT2D eigenvalue weighted by Crippen LogP contribution is 2.27. The molecule has 5 heteroatoms. The van der Waals surface area contributed by atoms with Gasteiger partial charge in [0, 0.05) is 19.6 Å². The molecule has 0 aromatic heterocycles. The van der Waals surface area contributed by atoms with Gasteiger partial charge in [-0.05, 0) is 18.4 Å². The third-order valence-corrected chi connectivity index (χ3v) is 5.32. The van der Waals surface area contributed by atoms with Crippen LogP contribution in [-0.4, -0.2) is 49.2 Å². The molecular formula is C19H29N3O2. The maximum atomic E-state index is 12.7. The molecule has 132 valence electrons. The number of hydrogen-bond acceptors (Lipinski definition) is 4. The van der Waals surface area contributed by atoms with Gasteiger partial charge < -0.3 is 15.8 Å². The topological polar surface area (TPSA) is 67.6 Å². The summed E-state index contributed by atoms with van der Waals surface area (Å²) in [7, 11) is 0. The van der Waals surface area contributed by atoms with E-state index in [1.807, 2.05) is 6.07 Å². The van der Waals surface area contributed by atoms with Crippen molar-refractivity contribution in [2.24, 2.45) is 5.73 Å². The Hall–Kier alpha value is -1.43. The number of nitrogens with one attached hydrogen (secondary N) is 1. The zero-order valence-electron chi connectivity index (χ0n) is 14.4. The summed E-state index contributed by atoms with van der Waals surface area (Å²) in [5.74, 6) is 0.0105. The van der Waals surface area contributed by atoms with E-state index in [-0.39, 0.29) is 11.9 Å². The minimum atomic E-state index is -0.676. The molecule has 1 aromatic rings. The van der Waals surface area contributed by atoms with Gasteiger partial charge in [0.2, 0.25) is 5.91 Å². The van der Waals surface area contributed by atoms with E-state index >= 15 is 0 Å². The van der Waals surface area contributed by atoms with Crippen molar-refractivity contribution >= 4 is 5.91 Å². The SMILES string of the molecule is NC1(C(=O)NCC(c2ccccc2)N2CCOCC2)CCCCC1. The summed E-state index contributed by atoms with van der Waals surface area (Å²) in [6, 6.07) is 10.6. The second-order valence-electron chi connectivity index (χ2n) is 7.00. The number of rotatable bonds is 5. The second kappa shape index (κ2) is 8.10. The number of benzene rings is 1. The first-order chi connectivity index (χ1) is 11.7. The number of carbonyl (C=O) groups excluding carboxylic acids is 1. The molecule has 1 aliphatic carbocycles. The molecule has 1 aliphatic heterocycles. The van der Waals surface area contributed by atoms with Crippen LogP contribution in [0.25, 0.3) is 0 Å². The molecule has 5 nitrogen and oxygen atoms in total. The van der Waals surface area contributed by atoms with Gasteiger partial charge in [-0.3, -0.25) is 9.69 Å². The summed E-state index contributed by atoms with van der Waals surface area (Å²) in [5.41, 5.74) is 6.92. The Kier molecular flexibility index (Phi) is 5.87. The number of amides is 1. The number of morpholine rings is 1. The summed E-state index contributed by atoms with van der Waals surface area (Å²) in [5, 5.41) is 3.14. The van der Waals surface area contributed by atoms with E-state index < -0.39 is 5.54 Å². The van der Waals surface area contributed by atoms with E-state index in [0.717, 1.165) is 52.0 Å². The lowest BCUT2D eigenvalue weighted by Gasteiger charge is -2.36. The molecule has 2 fully saturated rings. The van der Waals surface area contributed by atoms with Crippen molar-refractivity contribution in [2.45, 2.75) is 43.7 Å². The summed E-state index contributed by atoms with van der Waals surface area (Å²) < 4.78 is 5.47. The molecule has 1 saturated carbocycles. The summed E-state index contributed by atoms with van der Waals surface area (Å²) >= 11 is 0. The van der Waals surface area contributed by atoms with Crippen LogP contribution < -0.4 is 11.1 Å². The first-order valence-corrected chi connectivity index (χ1v) is 9.13. The third-order valence-electron chi connectivity index (χ3n) is 5.32. The normalized spacial score (nSPS) is 22.7. The average molecular weight is 331 g/mol. The van der Waals surface area contributed by atoms with Crippen molar-refractivity contribution in [1.29, 1.82) is 0 Å². The molecule has 1 atom stereocenters. The van der Waals surface area contributed by atoms with E-state index in [1.165, 1.54) is 12.0 Å². The molecular weight excluding hydrogens is 302 g/mol. The van der Waals surface area contributed by atoms with Gasteiger partial charge in [-0.2, -0.15) is 0 Å². The highest BCUT2D eigenvalue weighted by molar-refractivity contribution is 5.86. The Bertz CT molecular complexity index is 523. The Labute approximate surface area is 144 Å². The number of nitrogens with two attached hydrogens (primary N) is 1. The van der Waals surface area contributed by atoms with Gasteiger partial charge in [-0.25, -0.2) is 0 Å². The van der Waals surface area contributed by atoms with Crippen LogP contribution in [0.3, 0.4) is 0 Å². The zero-order valence-corrected chi connectivity index (χ0v) is 14.4. The molecule has 1 aromatic carbocycles. The van der Waals surface area contributed by atoms with Crippen molar-refractivity contribution in [3.63, 3.8) is 0 Å².